The first-order chi connectivity index (χ1) is 14.8. The van der Waals surface area contributed by atoms with Crippen molar-refractivity contribution in [2.24, 2.45) is 0 Å². The summed E-state index contributed by atoms with van der Waals surface area (Å²) in [4.78, 5) is 25.3. The topological polar surface area (TPSA) is 98.2 Å². The zero-order valence-electron chi connectivity index (χ0n) is 17.9. The lowest BCUT2D eigenvalue weighted by atomic mass is 10.1. The van der Waals surface area contributed by atoms with Gasteiger partial charge in [-0.1, -0.05) is 31.1 Å². The molecule has 0 spiro atoms. The van der Waals surface area contributed by atoms with Crippen LogP contribution in [0.2, 0.25) is 0 Å². The lowest BCUT2D eigenvalue weighted by Crippen LogP contribution is -2.30. The van der Waals surface area contributed by atoms with Crippen molar-refractivity contribution in [2.75, 3.05) is 13.6 Å². The van der Waals surface area contributed by atoms with Crippen LogP contribution in [0, 0.1) is 6.92 Å². The molecule has 0 aliphatic heterocycles. The number of carbonyl (C=O) groups excluding carboxylic acids is 1. The van der Waals surface area contributed by atoms with Gasteiger partial charge in [0.15, 0.2) is 5.82 Å². The van der Waals surface area contributed by atoms with E-state index >= 15 is 0 Å². The molecule has 10 heteroatoms. The highest BCUT2D eigenvalue weighted by molar-refractivity contribution is 7.17. The summed E-state index contributed by atoms with van der Waals surface area (Å²) in [6.07, 6.45) is 1.52. The third-order valence-electron chi connectivity index (χ3n) is 4.84. The molecule has 0 radical (unpaired) electrons. The average molecular weight is 458 g/mol. The predicted octanol–water partition coefficient (Wildman–Crippen LogP) is 5.22. The molecule has 0 fully saturated rings. The lowest BCUT2D eigenvalue weighted by Gasteiger charge is -2.19. The number of thiazole rings is 1. The van der Waals surface area contributed by atoms with Gasteiger partial charge in [-0.25, -0.2) is 4.98 Å². The highest BCUT2D eigenvalue weighted by Gasteiger charge is 2.23. The molecule has 1 atom stereocenters. The Morgan fingerprint density at radius 2 is 2.00 bits per heavy atom. The van der Waals surface area contributed by atoms with Crippen molar-refractivity contribution < 1.29 is 13.8 Å². The molecule has 4 aromatic heterocycles. The first-order valence-corrected chi connectivity index (χ1v) is 11.6. The summed E-state index contributed by atoms with van der Waals surface area (Å²) in [5, 5.41) is 11.1. The fourth-order valence-corrected chi connectivity index (χ4v) is 4.85. The minimum absolute atomic E-state index is 0.0418. The van der Waals surface area contributed by atoms with Gasteiger partial charge in [0.2, 0.25) is 0 Å². The number of amides is 1. The number of aryl methyl sites for hydroxylation is 1. The second-order valence-corrected chi connectivity index (χ2v) is 9.87. The molecule has 0 saturated carbocycles. The van der Waals surface area contributed by atoms with Crippen LogP contribution in [0.5, 0.6) is 0 Å². The van der Waals surface area contributed by atoms with Gasteiger partial charge in [-0.15, -0.1) is 22.7 Å². The summed E-state index contributed by atoms with van der Waals surface area (Å²) in [6, 6.07) is 3.80. The van der Waals surface area contributed by atoms with Crippen molar-refractivity contribution in [3.05, 3.63) is 45.2 Å². The Morgan fingerprint density at radius 1 is 1.19 bits per heavy atom. The Kier molecular flexibility index (Phi) is 6.01. The zero-order valence-corrected chi connectivity index (χ0v) is 19.6. The van der Waals surface area contributed by atoms with Crippen LogP contribution in [-0.2, 0) is 0 Å². The van der Waals surface area contributed by atoms with E-state index in [-0.39, 0.29) is 17.7 Å². The summed E-state index contributed by atoms with van der Waals surface area (Å²) < 4.78 is 10.5. The third-order valence-corrected chi connectivity index (χ3v) is 6.71. The Balaban J connectivity index is 1.43. The van der Waals surface area contributed by atoms with Crippen molar-refractivity contribution >= 4 is 28.6 Å². The average Bonchev–Trinajstić information content (AvgIpc) is 3.52. The van der Waals surface area contributed by atoms with Crippen molar-refractivity contribution in [3.8, 4) is 22.0 Å². The van der Waals surface area contributed by atoms with E-state index in [1.165, 1.54) is 17.6 Å². The third kappa shape index (κ3) is 4.45. The predicted molar refractivity (Wildman–Crippen MR) is 119 cm³/mol. The first kappa shape index (κ1) is 21.4. The summed E-state index contributed by atoms with van der Waals surface area (Å²) in [6.45, 7) is 8.44. The maximum Gasteiger partial charge on any atom is 0.263 e. The lowest BCUT2D eigenvalue weighted by molar-refractivity contribution is 0.0791. The van der Waals surface area contributed by atoms with Gasteiger partial charge >= 0.3 is 0 Å². The van der Waals surface area contributed by atoms with Crippen molar-refractivity contribution in [1.29, 1.82) is 0 Å². The molecule has 1 unspecified atom stereocenters. The molecule has 4 heterocycles. The molecule has 4 rings (SSSR count). The first-order valence-electron chi connectivity index (χ1n) is 9.89. The highest BCUT2D eigenvalue weighted by Crippen LogP contribution is 2.30. The molecule has 31 heavy (non-hydrogen) atoms. The largest absolute Gasteiger partial charge is 0.364 e. The van der Waals surface area contributed by atoms with Gasteiger partial charge < -0.3 is 13.9 Å². The number of nitrogens with zero attached hydrogens (tertiary/aromatic N) is 5. The van der Waals surface area contributed by atoms with Crippen LogP contribution in [0.1, 0.15) is 58.8 Å². The van der Waals surface area contributed by atoms with E-state index < -0.39 is 0 Å². The Labute approximate surface area is 187 Å². The molecule has 0 N–H and O–H groups in total. The molecule has 162 valence electrons. The number of hydrogen-bond acceptors (Lipinski definition) is 9. The summed E-state index contributed by atoms with van der Waals surface area (Å²) >= 11 is 3.05. The molecule has 8 nitrogen and oxygen atoms in total. The summed E-state index contributed by atoms with van der Waals surface area (Å²) in [5.41, 5.74) is 2.39. The summed E-state index contributed by atoms with van der Waals surface area (Å²) in [5.74, 6) is 0.945. The maximum atomic E-state index is 12.9. The van der Waals surface area contributed by atoms with Gasteiger partial charge in [-0.3, -0.25) is 4.79 Å². The van der Waals surface area contributed by atoms with E-state index in [0.717, 1.165) is 21.3 Å². The number of thiophene rings is 1. The van der Waals surface area contributed by atoms with E-state index in [9.17, 15) is 4.79 Å². The second-order valence-electron chi connectivity index (χ2n) is 7.73. The van der Waals surface area contributed by atoms with E-state index in [2.05, 4.69) is 20.3 Å². The van der Waals surface area contributed by atoms with Gasteiger partial charge in [0.1, 0.15) is 11.8 Å². The monoisotopic (exact) mass is 457 g/mol. The standard InChI is InChI=1S/C21H23N5O3S2/c1-11(2)18-14(9-28-24-18)20-23-19(25-29-20)12(3)8-26(5)21(27)17-7-6-16(31-17)15-10-30-13(4)22-15/h6-7,9-12H,8H2,1-5H3. The van der Waals surface area contributed by atoms with Crippen LogP contribution in [0.15, 0.2) is 32.8 Å². The van der Waals surface area contributed by atoms with Gasteiger partial charge in [-0.05, 0) is 25.0 Å². The van der Waals surface area contributed by atoms with Crippen LogP contribution < -0.4 is 0 Å². The molecule has 0 aromatic carbocycles. The smallest absolute Gasteiger partial charge is 0.263 e. The molecule has 0 aliphatic rings. The van der Waals surface area contributed by atoms with Crippen LogP contribution in [0.3, 0.4) is 0 Å². The minimum Gasteiger partial charge on any atom is -0.364 e. The number of rotatable bonds is 7. The van der Waals surface area contributed by atoms with Crippen LogP contribution in [0.4, 0.5) is 0 Å². The second kappa shape index (κ2) is 8.72. The van der Waals surface area contributed by atoms with Gasteiger partial charge in [-0.2, -0.15) is 4.98 Å². The fourth-order valence-electron chi connectivity index (χ4n) is 3.20. The molecule has 4 aromatic rings. The van der Waals surface area contributed by atoms with Gasteiger partial charge in [0.25, 0.3) is 11.8 Å². The number of aromatic nitrogens is 4. The maximum absolute atomic E-state index is 12.9. The van der Waals surface area contributed by atoms with Crippen molar-refractivity contribution in [2.45, 2.75) is 39.5 Å². The molecule has 0 aliphatic carbocycles. The van der Waals surface area contributed by atoms with E-state index in [4.69, 9.17) is 9.05 Å². The summed E-state index contributed by atoms with van der Waals surface area (Å²) in [7, 11) is 1.78. The van der Waals surface area contributed by atoms with Crippen molar-refractivity contribution in [3.63, 3.8) is 0 Å². The number of carbonyl (C=O) groups is 1. The molecule has 0 saturated heterocycles. The number of hydrogen-bond donors (Lipinski definition) is 0. The van der Waals surface area contributed by atoms with Crippen LogP contribution in [0.25, 0.3) is 22.0 Å². The van der Waals surface area contributed by atoms with Crippen LogP contribution >= 0.6 is 22.7 Å². The van der Waals surface area contributed by atoms with E-state index in [1.807, 2.05) is 45.2 Å². The van der Waals surface area contributed by atoms with E-state index in [1.54, 1.807) is 23.3 Å². The zero-order chi connectivity index (χ0) is 22.1. The Morgan fingerprint density at radius 3 is 2.71 bits per heavy atom. The Hall–Kier alpha value is -2.85. The van der Waals surface area contributed by atoms with Crippen LogP contribution in [-0.4, -0.2) is 44.7 Å². The molecular formula is C21H23N5O3S2. The SMILES string of the molecule is Cc1nc(-c2ccc(C(=O)N(C)CC(C)c3noc(-c4conc4C(C)C)n3)s2)cs1. The van der Waals surface area contributed by atoms with Gasteiger partial charge in [0.05, 0.1) is 26.1 Å². The quantitative estimate of drug-likeness (QED) is 0.375. The molecular weight excluding hydrogens is 434 g/mol. The van der Waals surface area contributed by atoms with Crippen molar-refractivity contribution in [1.82, 2.24) is 25.2 Å². The molecule has 1 amide bonds. The normalized spacial score (nSPS) is 12.5. The fraction of sp³-hybridized carbons (Fsp3) is 0.381. The Bertz CT molecular complexity index is 1190. The number of likely N-dealkylation sites (N-methyl/N-ethyl adjacent to an activating group) is 1. The van der Waals surface area contributed by atoms with E-state index in [0.29, 0.717) is 28.7 Å². The van der Waals surface area contributed by atoms with Gasteiger partial charge in [0, 0.05) is 24.9 Å². The highest BCUT2D eigenvalue weighted by atomic mass is 32.1. The minimum atomic E-state index is -0.102. The molecule has 0 bridgehead atoms.